The lowest BCUT2D eigenvalue weighted by Crippen LogP contribution is -2.55. The molecule has 0 radical (unpaired) electrons. The first-order valence-electron chi connectivity index (χ1n) is 23.1. The van der Waals surface area contributed by atoms with Crippen molar-refractivity contribution in [2.24, 2.45) is 18.5 Å². The van der Waals surface area contributed by atoms with Crippen LogP contribution in [-0.4, -0.2) is 89.3 Å². The van der Waals surface area contributed by atoms with E-state index in [9.17, 15) is 28.8 Å². The Morgan fingerprint density at radius 1 is 0.831 bits per heavy atom. The molecule has 3 aliphatic heterocycles. The zero-order valence-corrected chi connectivity index (χ0v) is 37.6. The summed E-state index contributed by atoms with van der Waals surface area (Å²) in [4.78, 5) is 77.7. The molecule has 16 nitrogen and oxygen atoms in total. The number of fused-ring (bicyclic) bond motifs is 1. The molecule has 1 aromatic heterocycles. The van der Waals surface area contributed by atoms with Gasteiger partial charge in [0.2, 0.25) is 29.5 Å². The fourth-order valence-corrected chi connectivity index (χ4v) is 9.17. The van der Waals surface area contributed by atoms with Gasteiger partial charge in [0.1, 0.15) is 12.1 Å². The Labute approximate surface area is 379 Å². The van der Waals surface area contributed by atoms with E-state index in [1.54, 1.807) is 16.5 Å². The summed E-state index contributed by atoms with van der Waals surface area (Å²) in [6, 6.07) is 17.4. The van der Waals surface area contributed by atoms with Crippen LogP contribution in [0.1, 0.15) is 98.6 Å². The SMILES string of the molecule is C[C@@H](OCc1ccc(CCCOCCCCOCCCc2ccc3c(c2)n(C)c(=O)n3C2CCC(=O)NC2=O)cc1)[C@H](CCC(N)=O)NC(=O)[C@@H]1Cc2cccc3c2N1C(=O)[C@@H](N)CC3. The van der Waals surface area contributed by atoms with E-state index in [2.05, 4.69) is 22.8 Å². The lowest BCUT2D eigenvalue weighted by molar-refractivity contribution is -0.135. The van der Waals surface area contributed by atoms with E-state index in [4.69, 9.17) is 25.7 Å². The largest absolute Gasteiger partial charge is 0.381 e. The number of para-hydroxylation sites is 1. The predicted molar refractivity (Wildman–Crippen MR) is 245 cm³/mol. The Hall–Kier alpha value is -5.68. The van der Waals surface area contributed by atoms with Crippen LogP contribution >= 0.6 is 0 Å². The molecule has 0 spiro atoms. The number of hydrogen-bond donors (Lipinski definition) is 4. The number of nitrogens with two attached hydrogens (primary N) is 2. The maximum Gasteiger partial charge on any atom is 0.329 e. The van der Waals surface area contributed by atoms with Crippen molar-refractivity contribution in [2.75, 3.05) is 31.3 Å². The molecule has 0 aliphatic carbocycles. The Morgan fingerprint density at radius 3 is 2.20 bits per heavy atom. The predicted octanol–water partition coefficient (Wildman–Crippen LogP) is 3.58. The monoisotopic (exact) mass is 893 g/mol. The van der Waals surface area contributed by atoms with E-state index in [-0.39, 0.29) is 36.3 Å². The van der Waals surface area contributed by atoms with Crippen molar-refractivity contribution in [1.82, 2.24) is 19.8 Å². The molecular weight excluding hydrogens is 831 g/mol. The highest BCUT2D eigenvalue weighted by Crippen LogP contribution is 2.39. The van der Waals surface area contributed by atoms with Gasteiger partial charge in [-0.05, 0) is 111 Å². The average molecular weight is 894 g/mol. The van der Waals surface area contributed by atoms with Crippen LogP contribution in [-0.2, 0) is 77.5 Å². The highest BCUT2D eigenvalue weighted by Gasteiger charge is 2.43. The molecule has 6 N–H and O–H groups in total. The lowest BCUT2D eigenvalue weighted by atomic mass is 10.0. The second-order valence-electron chi connectivity index (χ2n) is 17.6. The summed E-state index contributed by atoms with van der Waals surface area (Å²) < 4.78 is 21.0. The molecule has 4 aromatic rings. The maximum atomic E-state index is 13.8. The van der Waals surface area contributed by atoms with Gasteiger partial charge < -0.3 is 31.0 Å². The summed E-state index contributed by atoms with van der Waals surface area (Å²) >= 11 is 0. The first-order chi connectivity index (χ1) is 31.4. The van der Waals surface area contributed by atoms with Crippen molar-refractivity contribution in [3.63, 3.8) is 0 Å². The number of aromatic nitrogens is 2. The number of nitrogens with zero attached hydrogens (tertiary/aromatic N) is 3. The number of imide groups is 1. The number of unbranched alkanes of at least 4 members (excludes halogenated alkanes) is 1. The highest BCUT2D eigenvalue weighted by atomic mass is 16.5. The third kappa shape index (κ3) is 11.6. The molecule has 1 unspecified atom stereocenters. The van der Waals surface area contributed by atoms with Crippen LogP contribution < -0.4 is 32.7 Å². The van der Waals surface area contributed by atoms with Gasteiger partial charge in [0.25, 0.3) is 0 Å². The van der Waals surface area contributed by atoms with E-state index in [0.717, 1.165) is 72.0 Å². The summed E-state index contributed by atoms with van der Waals surface area (Å²) in [7, 11) is 1.70. The second-order valence-corrected chi connectivity index (χ2v) is 17.6. The van der Waals surface area contributed by atoms with Crippen LogP contribution in [0.5, 0.6) is 0 Å². The topological polar surface area (TPSA) is 219 Å². The summed E-state index contributed by atoms with van der Waals surface area (Å²) in [6.07, 6.45) is 7.29. The Kier molecular flexibility index (Phi) is 16.0. The van der Waals surface area contributed by atoms with Gasteiger partial charge in [-0.25, -0.2) is 4.79 Å². The molecule has 5 atom stereocenters. The molecule has 5 amide bonds. The molecule has 16 heteroatoms. The quantitative estimate of drug-likeness (QED) is 0.0627. The van der Waals surface area contributed by atoms with Crippen molar-refractivity contribution < 1.29 is 38.2 Å². The number of benzene rings is 3. The fourth-order valence-electron chi connectivity index (χ4n) is 9.17. The van der Waals surface area contributed by atoms with Gasteiger partial charge in [0, 0.05) is 52.7 Å². The molecule has 3 aliphatic rings. The molecule has 3 aromatic carbocycles. The third-order valence-electron chi connectivity index (χ3n) is 12.9. The van der Waals surface area contributed by atoms with Gasteiger partial charge in [0.05, 0.1) is 41.5 Å². The van der Waals surface area contributed by atoms with Crippen LogP contribution in [0.15, 0.2) is 65.5 Å². The molecule has 348 valence electrons. The molecule has 1 saturated heterocycles. The first kappa shape index (κ1) is 47.3. The number of anilines is 1. The summed E-state index contributed by atoms with van der Waals surface area (Å²) in [5, 5.41) is 5.43. The number of nitrogens with one attached hydrogen (secondary N) is 2. The molecular formula is C49H63N7O9. The molecule has 1 fully saturated rings. The number of carbonyl (C=O) groups excluding carboxylic acids is 5. The third-order valence-corrected chi connectivity index (χ3v) is 12.9. The number of amides is 5. The van der Waals surface area contributed by atoms with Crippen LogP contribution in [0.3, 0.4) is 0 Å². The second kappa shape index (κ2) is 22.0. The number of primary amides is 1. The van der Waals surface area contributed by atoms with Gasteiger partial charge in [-0.1, -0.05) is 48.5 Å². The van der Waals surface area contributed by atoms with E-state index in [1.165, 1.54) is 10.1 Å². The number of imidazole rings is 1. The summed E-state index contributed by atoms with van der Waals surface area (Å²) in [5.74, 6) is -1.77. The van der Waals surface area contributed by atoms with Crippen LogP contribution in [0.25, 0.3) is 11.0 Å². The molecule has 0 saturated carbocycles. The number of carbonyl (C=O) groups is 5. The van der Waals surface area contributed by atoms with E-state index >= 15 is 0 Å². The van der Waals surface area contributed by atoms with E-state index < -0.39 is 42.1 Å². The van der Waals surface area contributed by atoms with E-state index in [1.807, 2.05) is 55.5 Å². The normalized spacial score (nSPS) is 19.2. The summed E-state index contributed by atoms with van der Waals surface area (Å²) in [5.41, 5.74) is 18.9. The van der Waals surface area contributed by atoms with Crippen molar-refractivity contribution >= 4 is 46.3 Å². The average Bonchev–Trinajstić information content (AvgIpc) is 3.76. The van der Waals surface area contributed by atoms with Gasteiger partial charge >= 0.3 is 5.69 Å². The summed E-state index contributed by atoms with van der Waals surface area (Å²) in [6.45, 7) is 4.82. The Morgan fingerprint density at radius 2 is 1.49 bits per heavy atom. The van der Waals surface area contributed by atoms with Gasteiger partial charge in [0.15, 0.2) is 0 Å². The zero-order chi connectivity index (χ0) is 46.0. The standard InChI is InChI=1S/C49H63N7O9/c1-31(38(19-22-43(51)57)52-47(60)42-29-36-11-5-10-35-17-18-37(50)48(61)56(42)45(35)36)65-30-34-14-12-32(13-15-34)8-6-26-63-24-3-4-25-64-27-7-9-33-16-20-39-41(28-33)54(2)49(62)55(39)40-21-23-44(58)53-46(40)59/h5,10-16,20,28,31,37-38,40,42H,3-4,6-9,17-19,21-27,29-30,50H2,1-2H3,(H2,51,57)(H,52,60)(H,53,58,59)/t31-,37+,38+,40?,42+/m1/s1. The minimum Gasteiger partial charge on any atom is -0.381 e. The number of rotatable bonds is 23. The zero-order valence-electron chi connectivity index (χ0n) is 37.6. The fraction of sp³-hybridized carbons (Fsp3) is 0.510. The molecule has 65 heavy (non-hydrogen) atoms. The Bertz CT molecular complexity index is 2410. The Balaban J connectivity index is 0.759. The van der Waals surface area contributed by atoms with Crippen molar-refractivity contribution in [2.45, 2.75) is 127 Å². The lowest BCUT2D eigenvalue weighted by Gasteiger charge is -2.30. The molecule has 7 rings (SSSR count). The smallest absolute Gasteiger partial charge is 0.329 e. The molecule has 4 heterocycles. The minimum absolute atomic E-state index is 0.0797. The minimum atomic E-state index is -0.736. The van der Waals surface area contributed by atoms with Gasteiger partial charge in [-0.15, -0.1) is 0 Å². The number of hydrogen-bond acceptors (Lipinski definition) is 10. The van der Waals surface area contributed by atoms with Gasteiger partial charge in [-0.3, -0.25) is 43.3 Å². The highest BCUT2D eigenvalue weighted by molar-refractivity contribution is 6.07. The van der Waals surface area contributed by atoms with Crippen molar-refractivity contribution in [3.05, 3.63) is 99.0 Å². The van der Waals surface area contributed by atoms with Crippen LogP contribution in [0.4, 0.5) is 5.69 Å². The van der Waals surface area contributed by atoms with Crippen LogP contribution in [0, 0.1) is 0 Å². The van der Waals surface area contributed by atoms with Crippen LogP contribution in [0.2, 0.25) is 0 Å². The van der Waals surface area contributed by atoms with Gasteiger partial charge in [-0.2, -0.15) is 0 Å². The molecule has 0 bridgehead atoms. The van der Waals surface area contributed by atoms with Crippen molar-refractivity contribution in [1.29, 1.82) is 0 Å². The first-order valence-corrected chi connectivity index (χ1v) is 23.1. The number of ether oxygens (including phenoxy) is 3. The maximum absolute atomic E-state index is 13.8. The van der Waals surface area contributed by atoms with E-state index in [0.29, 0.717) is 70.7 Å². The number of piperidine rings is 1. The van der Waals surface area contributed by atoms with Crippen molar-refractivity contribution in [3.8, 4) is 0 Å². The number of aryl methyl sites for hydroxylation is 4.